The summed E-state index contributed by atoms with van der Waals surface area (Å²) in [5.41, 5.74) is 6.58. The van der Waals surface area contributed by atoms with Crippen LogP contribution in [0, 0.1) is 0 Å². The first-order valence-corrected chi connectivity index (χ1v) is 6.73. The minimum absolute atomic E-state index is 0.160. The zero-order valence-electron chi connectivity index (χ0n) is 10.1. The summed E-state index contributed by atoms with van der Waals surface area (Å²) in [5, 5.41) is 3.12. The SMILES string of the molecule is CC(=O)N1CCN(c2nc(CCN)cs2)CC1. The van der Waals surface area contributed by atoms with E-state index in [0.29, 0.717) is 6.54 Å². The molecular formula is C11H18N4OS. The summed E-state index contributed by atoms with van der Waals surface area (Å²) in [6.07, 6.45) is 0.837. The molecule has 5 nitrogen and oxygen atoms in total. The van der Waals surface area contributed by atoms with E-state index in [9.17, 15) is 4.79 Å². The summed E-state index contributed by atoms with van der Waals surface area (Å²) >= 11 is 1.66. The van der Waals surface area contributed by atoms with E-state index in [4.69, 9.17) is 5.73 Å². The van der Waals surface area contributed by atoms with Gasteiger partial charge in [-0.05, 0) is 6.54 Å². The first-order valence-electron chi connectivity index (χ1n) is 5.85. The highest BCUT2D eigenvalue weighted by Gasteiger charge is 2.20. The second kappa shape index (κ2) is 5.46. The lowest BCUT2D eigenvalue weighted by atomic mass is 10.3. The predicted octanol–water partition coefficient (Wildman–Crippen LogP) is 0.313. The van der Waals surface area contributed by atoms with Crippen molar-refractivity contribution in [2.75, 3.05) is 37.6 Å². The van der Waals surface area contributed by atoms with Gasteiger partial charge in [0.15, 0.2) is 5.13 Å². The molecule has 0 atom stereocenters. The number of anilines is 1. The molecule has 1 amide bonds. The fourth-order valence-electron chi connectivity index (χ4n) is 1.92. The van der Waals surface area contributed by atoms with E-state index in [0.717, 1.165) is 43.4 Å². The minimum atomic E-state index is 0.160. The van der Waals surface area contributed by atoms with Gasteiger partial charge in [-0.25, -0.2) is 4.98 Å². The van der Waals surface area contributed by atoms with Gasteiger partial charge in [0, 0.05) is 44.9 Å². The highest BCUT2D eigenvalue weighted by molar-refractivity contribution is 7.13. The van der Waals surface area contributed by atoms with E-state index in [1.807, 2.05) is 4.90 Å². The molecule has 0 radical (unpaired) electrons. The maximum atomic E-state index is 11.2. The van der Waals surface area contributed by atoms with Crippen LogP contribution in [0.25, 0.3) is 0 Å². The summed E-state index contributed by atoms with van der Waals surface area (Å²) < 4.78 is 0. The highest BCUT2D eigenvalue weighted by atomic mass is 32.1. The molecular weight excluding hydrogens is 236 g/mol. The van der Waals surface area contributed by atoms with Gasteiger partial charge in [-0.15, -0.1) is 11.3 Å². The van der Waals surface area contributed by atoms with Gasteiger partial charge in [0.2, 0.25) is 5.91 Å². The fraction of sp³-hybridized carbons (Fsp3) is 0.636. The average Bonchev–Trinajstić information content (AvgIpc) is 2.78. The van der Waals surface area contributed by atoms with Gasteiger partial charge in [-0.3, -0.25) is 4.79 Å². The number of hydrogen-bond acceptors (Lipinski definition) is 5. The van der Waals surface area contributed by atoms with Crippen molar-refractivity contribution in [3.63, 3.8) is 0 Å². The molecule has 0 aliphatic carbocycles. The standard InChI is InChI=1S/C11H18N4OS/c1-9(16)14-4-6-15(7-5-14)11-13-10(2-3-12)8-17-11/h8H,2-7,12H2,1H3. The van der Waals surface area contributed by atoms with Gasteiger partial charge in [0.1, 0.15) is 0 Å². The molecule has 0 spiro atoms. The van der Waals surface area contributed by atoms with Gasteiger partial charge in [0.25, 0.3) is 0 Å². The lowest BCUT2D eigenvalue weighted by molar-refractivity contribution is -0.129. The molecule has 2 rings (SSSR count). The maximum Gasteiger partial charge on any atom is 0.219 e. The van der Waals surface area contributed by atoms with Crippen molar-refractivity contribution in [2.24, 2.45) is 5.73 Å². The van der Waals surface area contributed by atoms with Crippen molar-refractivity contribution >= 4 is 22.4 Å². The number of hydrogen-bond donors (Lipinski definition) is 1. The Balaban J connectivity index is 1.93. The van der Waals surface area contributed by atoms with Crippen molar-refractivity contribution < 1.29 is 4.79 Å². The third-order valence-electron chi connectivity index (χ3n) is 2.94. The lowest BCUT2D eigenvalue weighted by Gasteiger charge is -2.33. The summed E-state index contributed by atoms with van der Waals surface area (Å²) in [5.74, 6) is 0.160. The number of nitrogens with zero attached hydrogens (tertiary/aromatic N) is 3. The lowest BCUT2D eigenvalue weighted by Crippen LogP contribution is -2.48. The molecule has 17 heavy (non-hydrogen) atoms. The van der Waals surface area contributed by atoms with Crippen LogP contribution in [0.2, 0.25) is 0 Å². The van der Waals surface area contributed by atoms with Crippen LogP contribution in [0.3, 0.4) is 0 Å². The van der Waals surface area contributed by atoms with E-state index < -0.39 is 0 Å². The fourth-order valence-corrected chi connectivity index (χ4v) is 2.83. The summed E-state index contributed by atoms with van der Waals surface area (Å²) in [4.78, 5) is 19.9. The van der Waals surface area contributed by atoms with Gasteiger partial charge in [-0.1, -0.05) is 0 Å². The molecule has 6 heteroatoms. The predicted molar refractivity (Wildman–Crippen MR) is 69.3 cm³/mol. The number of aromatic nitrogens is 1. The third kappa shape index (κ3) is 2.95. The zero-order chi connectivity index (χ0) is 12.3. The van der Waals surface area contributed by atoms with E-state index in [1.54, 1.807) is 18.3 Å². The number of carbonyl (C=O) groups excluding carboxylic acids is 1. The molecule has 1 aliphatic rings. The van der Waals surface area contributed by atoms with Crippen LogP contribution in [0.1, 0.15) is 12.6 Å². The second-order valence-corrected chi connectivity index (χ2v) is 4.99. The van der Waals surface area contributed by atoms with Crippen molar-refractivity contribution in [2.45, 2.75) is 13.3 Å². The van der Waals surface area contributed by atoms with Gasteiger partial charge in [-0.2, -0.15) is 0 Å². The quantitative estimate of drug-likeness (QED) is 0.843. The van der Waals surface area contributed by atoms with Crippen molar-refractivity contribution in [1.29, 1.82) is 0 Å². The van der Waals surface area contributed by atoms with Crippen LogP contribution in [0.4, 0.5) is 5.13 Å². The van der Waals surface area contributed by atoms with Crippen molar-refractivity contribution in [1.82, 2.24) is 9.88 Å². The normalized spacial score (nSPS) is 16.4. The summed E-state index contributed by atoms with van der Waals surface area (Å²) in [6.45, 7) is 5.59. The first kappa shape index (κ1) is 12.3. The van der Waals surface area contributed by atoms with Crippen LogP contribution < -0.4 is 10.6 Å². The van der Waals surface area contributed by atoms with E-state index in [1.165, 1.54) is 0 Å². The Hall–Kier alpha value is -1.14. The van der Waals surface area contributed by atoms with Crippen molar-refractivity contribution in [3.05, 3.63) is 11.1 Å². The molecule has 0 saturated carbocycles. The largest absolute Gasteiger partial charge is 0.345 e. The molecule has 0 bridgehead atoms. The van der Waals surface area contributed by atoms with Crippen LogP contribution >= 0.6 is 11.3 Å². The smallest absolute Gasteiger partial charge is 0.219 e. The Morgan fingerprint density at radius 1 is 1.47 bits per heavy atom. The summed E-state index contributed by atoms with van der Waals surface area (Å²) in [7, 11) is 0. The molecule has 1 aromatic rings. The zero-order valence-corrected chi connectivity index (χ0v) is 10.9. The monoisotopic (exact) mass is 254 g/mol. The number of rotatable bonds is 3. The average molecular weight is 254 g/mol. The molecule has 1 saturated heterocycles. The Bertz CT molecular complexity index is 385. The molecule has 1 fully saturated rings. The maximum absolute atomic E-state index is 11.2. The number of carbonyl (C=O) groups is 1. The van der Waals surface area contributed by atoms with Crippen molar-refractivity contribution in [3.8, 4) is 0 Å². The minimum Gasteiger partial charge on any atom is -0.345 e. The second-order valence-electron chi connectivity index (χ2n) is 4.15. The Kier molecular flexibility index (Phi) is 3.96. The van der Waals surface area contributed by atoms with Crippen LogP contribution in [-0.4, -0.2) is 48.5 Å². The van der Waals surface area contributed by atoms with Gasteiger partial charge >= 0.3 is 0 Å². The highest BCUT2D eigenvalue weighted by Crippen LogP contribution is 2.21. The van der Waals surface area contributed by atoms with Crippen LogP contribution in [0.15, 0.2) is 5.38 Å². The van der Waals surface area contributed by atoms with Crippen LogP contribution in [0.5, 0.6) is 0 Å². The van der Waals surface area contributed by atoms with Gasteiger partial charge in [0.05, 0.1) is 5.69 Å². The molecule has 94 valence electrons. The number of nitrogens with two attached hydrogens (primary N) is 1. The molecule has 2 N–H and O–H groups in total. The number of piperazine rings is 1. The number of thiazole rings is 1. The number of amides is 1. The third-order valence-corrected chi connectivity index (χ3v) is 3.89. The molecule has 0 aromatic carbocycles. The van der Waals surface area contributed by atoms with E-state index >= 15 is 0 Å². The van der Waals surface area contributed by atoms with E-state index in [2.05, 4.69) is 15.3 Å². The molecule has 2 heterocycles. The molecule has 0 unspecified atom stereocenters. The first-order chi connectivity index (χ1) is 8.20. The van der Waals surface area contributed by atoms with E-state index in [-0.39, 0.29) is 5.91 Å². The Morgan fingerprint density at radius 2 is 2.18 bits per heavy atom. The summed E-state index contributed by atoms with van der Waals surface area (Å²) in [6, 6.07) is 0. The van der Waals surface area contributed by atoms with Gasteiger partial charge < -0.3 is 15.5 Å². The topological polar surface area (TPSA) is 62.5 Å². The molecule has 1 aliphatic heterocycles. The molecule has 1 aromatic heterocycles. The Labute approximate surface area is 105 Å². The van der Waals surface area contributed by atoms with Crippen LogP contribution in [-0.2, 0) is 11.2 Å². The Morgan fingerprint density at radius 3 is 2.76 bits per heavy atom.